The third-order valence-corrected chi connectivity index (χ3v) is 5.05. The van der Waals surface area contributed by atoms with E-state index >= 15 is 0 Å². The van der Waals surface area contributed by atoms with Gasteiger partial charge in [0.25, 0.3) is 11.8 Å². The van der Waals surface area contributed by atoms with Gasteiger partial charge in [0, 0.05) is 36.5 Å². The number of hydrogen-bond donors (Lipinski definition) is 1. The predicted octanol–water partition coefficient (Wildman–Crippen LogP) is 4.53. The molecule has 7 heteroatoms. The summed E-state index contributed by atoms with van der Waals surface area (Å²) in [6.07, 6.45) is 0.549. The Labute approximate surface area is 173 Å². The van der Waals surface area contributed by atoms with Crippen LogP contribution < -0.4 is 5.32 Å². The second-order valence-electron chi connectivity index (χ2n) is 6.42. The van der Waals surface area contributed by atoms with E-state index in [0.717, 1.165) is 11.3 Å². The molecule has 5 nitrogen and oxygen atoms in total. The van der Waals surface area contributed by atoms with Crippen LogP contribution in [0, 0.1) is 6.92 Å². The Balaban J connectivity index is 2.06. The van der Waals surface area contributed by atoms with E-state index in [1.54, 1.807) is 25.3 Å². The van der Waals surface area contributed by atoms with E-state index in [-0.39, 0.29) is 29.6 Å². The summed E-state index contributed by atoms with van der Waals surface area (Å²) in [7, 11) is 1.58. The van der Waals surface area contributed by atoms with Crippen molar-refractivity contribution in [3.63, 3.8) is 0 Å². The number of hydrogen-bond acceptors (Lipinski definition) is 4. The summed E-state index contributed by atoms with van der Waals surface area (Å²) in [6, 6.07) is 12.4. The van der Waals surface area contributed by atoms with Gasteiger partial charge in [-0.1, -0.05) is 47.5 Å². The molecule has 0 radical (unpaired) electrons. The van der Waals surface area contributed by atoms with Crippen molar-refractivity contribution in [3.8, 4) is 0 Å². The average molecular weight is 419 g/mol. The van der Waals surface area contributed by atoms with E-state index < -0.39 is 0 Å². The second kappa shape index (κ2) is 8.78. The minimum Gasteiger partial charge on any atom is -0.385 e. The quantitative estimate of drug-likeness (QED) is 0.529. The van der Waals surface area contributed by atoms with Gasteiger partial charge in [-0.05, 0) is 37.1 Å². The van der Waals surface area contributed by atoms with E-state index in [4.69, 9.17) is 27.9 Å². The number of methoxy groups -OCH3 is 1. The number of aryl methyl sites for hydroxylation is 1. The first-order valence-electron chi connectivity index (χ1n) is 8.81. The third kappa shape index (κ3) is 4.07. The highest BCUT2D eigenvalue weighted by Gasteiger charge is 2.39. The van der Waals surface area contributed by atoms with Crippen molar-refractivity contribution >= 4 is 46.3 Å². The summed E-state index contributed by atoms with van der Waals surface area (Å²) in [5.41, 5.74) is 2.62. The fourth-order valence-electron chi connectivity index (χ4n) is 3.05. The van der Waals surface area contributed by atoms with Crippen LogP contribution in [-0.2, 0) is 14.3 Å². The lowest BCUT2D eigenvalue weighted by Crippen LogP contribution is -2.34. The van der Waals surface area contributed by atoms with Crippen molar-refractivity contribution in [1.82, 2.24) is 4.90 Å². The lowest BCUT2D eigenvalue weighted by molar-refractivity contribution is -0.136. The fraction of sp³-hybridized carbons (Fsp3) is 0.238. The van der Waals surface area contributed by atoms with Crippen molar-refractivity contribution in [2.24, 2.45) is 0 Å². The van der Waals surface area contributed by atoms with Crippen LogP contribution in [0.1, 0.15) is 17.5 Å². The number of imide groups is 1. The summed E-state index contributed by atoms with van der Waals surface area (Å²) < 4.78 is 5.04. The number of benzene rings is 2. The lowest BCUT2D eigenvalue weighted by Gasteiger charge is -2.15. The number of carbonyl (C=O) groups excluding carboxylic acids is 2. The van der Waals surface area contributed by atoms with E-state index in [1.165, 1.54) is 4.90 Å². The summed E-state index contributed by atoms with van der Waals surface area (Å²) in [5.74, 6) is -0.771. The van der Waals surface area contributed by atoms with Crippen LogP contribution >= 0.6 is 23.2 Å². The molecule has 0 bridgehead atoms. The smallest absolute Gasteiger partial charge is 0.278 e. The molecule has 1 aliphatic rings. The average Bonchev–Trinajstić information content (AvgIpc) is 2.88. The van der Waals surface area contributed by atoms with Crippen LogP contribution in [0.4, 0.5) is 5.69 Å². The fourth-order valence-corrected chi connectivity index (χ4v) is 3.55. The number of halogens is 2. The van der Waals surface area contributed by atoms with E-state index in [9.17, 15) is 9.59 Å². The number of carbonyl (C=O) groups is 2. The van der Waals surface area contributed by atoms with Gasteiger partial charge in [-0.3, -0.25) is 14.5 Å². The Morgan fingerprint density at radius 1 is 1.07 bits per heavy atom. The molecular weight excluding hydrogens is 399 g/mol. The van der Waals surface area contributed by atoms with Gasteiger partial charge in [0.1, 0.15) is 5.70 Å². The zero-order valence-corrected chi connectivity index (χ0v) is 17.1. The van der Waals surface area contributed by atoms with Crippen LogP contribution in [0.5, 0.6) is 0 Å². The van der Waals surface area contributed by atoms with Crippen LogP contribution in [0.2, 0.25) is 10.0 Å². The van der Waals surface area contributed by atoms with Gasteiger partial charge in [0.2, 0.25) is 0 Å². The van der Waals surface area contributed by atoms with Crippen molar-refractivity contribution in [2.75, 3.05) is 25.6 Å². The zero-order valence-electron chi connectivity index (χ0n) is 15.6. The van der Waals surface area contributed by atoms with Gasteiger partial charge >= 0.3 is 0 Å². The number of nitrogens with zero attached hydrogens (tertiary/aromatic N) is 1. The Morgan fingerprint density at radius 3 is 2.50 bits per heavy atom. The summed E-state index contributed by atoms with van der Waals surface area (Å²) in [4.78, 5) is 27.4. The molecule has 146 valence electrons. The maximum Gasteiger partial charge on any atom is 0.278 e. The number of anilines is 1. The van der Waals surface area contributed by atoms with Crippen LogP contribution in [-0.4, -0.2) is 37.0 Å². The van der Waals surface area contributed by atoms with Crippen molar-refractivity contribution in [3.05, 3.63) is 69.3 Å². The van der Waals surface area contributed by atoms with Gasteiger partial charge in [-0.2, -0.15) is 0 Å². The molecule has 0 saturated heterocycles. The molecular formula is C21H20Cl2N2O3. The number of nitrogens with one attached hydrogen (secondary N) is 1. The Kier molecular flexibility index (Phi) is 6.39. The minimum atomic E-state index is -0.388. The first kappa shape index (κ1) is 20.4. The van der Waals surface area contributed by atoms with Gasteiger partial charge in [0.05, 0.1) is 10.6 Å². The molecule has 0 spiro atoms. The highest BCUT2D eigenvalue weighted by Crippen LogP contribution is 2.35. The molecule has 0 aliphatic carbocycles. The first-order valence-corrected chi connectivity index (χ1v) is 9.57. The summed E-state index contributed by atoms with van der Waals surface area (Å²) in [6.45, 7) is 2.64. The number of para-hydroxylation sites is 1. The maximum absolute atomic E-state index is 13.1. The normalized spacial score (nSPS) is 14.2. The monoisotopic (exact) mass is 418 g/mol. The molecule has 1 heterocycles. The van der Waals surface area contributed by atoms with Crippen molar-refractivity contribution in [1.29, 1.82) is 0 Å². The number of amides is 2. The Bertz CT molecular complexity index is 956. The summed E-state index contributed by atoms with van der Waals surface area (Å²) >= 11 is 12.3. The molecule has 2 aromatic rings. The molecule has 28 heavy (non-hydrogen) atoms. The van der Waals surface area contributed by atoms with Crippen molar-refractivity contribution < 1.29 is 14.3 Å². The van der Waals surface area contributed by atoms with E-state index in [0.29, 0.717) is 28.6 Å². The predicted molar refractivity (Wildman–Crippen MR) is 111 cm³/mol. The van der Waals surface area contributed by atoms with Gasteiger partial charge < -0.3 is 10.1 Å². The molecule has 0 unspecified atom stereocenters. The highest BCUT2D eigenvalue weighted by molar-refractivity contribution is 6.41. The molecule has 0 fully saturated rings. The number of rotatable bonds is 7. The number of ether oxygens (including phenoxy) is 1. The molecule has 1 N–H and O–H groups in total. The minimum absolute atomic E-state index is 0.209. The molecule has 0 aromatic heterocycles. The zero-order chi connectivity index (χ0) is 20.3. The summed E-state index contributed by atoms with van der Waals surface area (Å²) in [5, 5.41) is 3.91. The Hall–Kier alpha value is -2.34. The molecule has 0 atom stereocenters. The van der Waals surface area contributed by atoms with Crippen LogP contribution in [0.3, 0.4) is 0 Å². The Morgan fingerprint density at radius 2 is 1.82 bits per heavy atom. The van der Waals surface area contributed by atoms with E-state index in [2.05, 4.69) is 5.32 Å². The standard InChI is InChI=1S/C21H20Cl2N2O3/c1-13-6-3-4-7-17(13)24-19-18(15-9-8-14(22)12-16(15)23)20(26)25(21(19)27)10-5-11-28-2/h3-4,6-9,12,24H,5,10-11H2,1-2H3. The second-order valence-corrected chi connectivity index (χ2v) is 7.27. The van der Waals surface area contributed by atoms with Gasteiger partial charge in [-0.25, -0.2) is 0 Å². The molecule has 1 aliphatic heterocycles. The van der Waals surface area contributed by atoms with E-state index in [1.807, 2.05) is 31.2 Å². The third-order valence-electron chi connectivity index (χ3n) is 4.50. The molecule has 2 amide bonds. The molecule has 3 rings (SSSR count). The lowest BCUT2D eigenvalue weighted by atomic mass is 10.0. The first-order chi connectivity index (χ1) is 13.4. The van der Waals surface area contributed by atoms with Gasteiger partial charge in [0.15, 0.2) is 0 Å². The van der Waals surface area contributed by atoms with Crippen LogP contribution in [0.25, 0.3) is 5.57 Å². The van der Waals surface area contributed by atoms with Crippen LogP contribution in [0.15, 0.2) is 48.2 Å². The maximum atomic E-state index is 13.1. The molecule has 2 aromatic carbocycles. The largest absolute Gasteiger partial charge is 0.385 e. The van der Waals surface area contributed by atoms with Gasteiger partial charge in [-0.15, -0.1) is 0 Å². The SMILES string of the molecule is COCCCN1C(=O)C(Nc2ccccc2C)=C(c2ccc(Cl)cc2Cl)C1=O. The topological polar surface area (TPSA) is 58.6 Å². The van der Waals surface area contributed by atoms with Crippen molar-refractivity contribution in [2.45, 2.75) is 13.3 Å². The molecule has 0 saturated carbocycles. The highest BCUT2D eigenvalue weighted by atomic mass is 35.5.